The second-order valence-corrected chi connectivity index (χ2v) is 5.88. The normalized spacial score (nSPS) is 11.3. The Morgan fingerprint density at radius 1 is 1.29 bits per heavy atom. The first-order valence-corrected chi connectivity index (χ1v) is 6.65. The van der Waals surface area contributed by atoms with Crippen molar-refractivity contribution in [1.29, 1.82) is 0 Å². The molecule has 2 aromatic heterocycles. The number of hydrogen-bond donors (Lipinski definition) is 1. The van der Waals surface area contributed by atoms with E-state index in [1.54, 1.807) is 35.2 Å². The standard InChI is InChI=1S/C14H20N6O/c1-10-12(19(5)13(21)17-14(2,3)4)8-20(18-10)11-6-15-9-16-7-11/h6-9H,1-5H3,(H,17,21). The van der Waals surface area contributed by atoms with Crippen molar-refractivity contribution >= 4 is 11.7 Å². The maximum absolute atomic E-state index is 12.2. The van der Waals surface area contributed by atoms with Crippen LogP contribution < -0.4 is 10.2 Å². The summed E-state index contributed by atoms with van der Waals surface area (Å²) in [7, 11) is 1.72. The predicted octanol–water partition coefficient (Wildman–Crippen LogP) is 1.92. The van der Waals surface area contributed by atoms with Crippen LogP contribution in [0, 0.1) is 6.92 Å². The van der Waals surface area contributed by atoms with Crippen molar-refractivity contribution in [3.63, 3.8) is 0 Å². The van der Waals surface area contributed by atoms with Crippen LogP contribution in [0.1, 0.15) is 26.5 Å². The van der Waals surface area contributed by atoms with Gasteiger partial charge in [0.2, 0.25) is 0 Å². The van der Waals surface area contributed by atoms with Crippen LogP contribution in [0.2, 0.25) is 0 Å². The fourth-order valence-electron chi connectivity index (χ4n) is 1.84. The number of amides is 2. The lowest BCUT2D eigenvalue weighted by Crippen LogP contribution is -2.47. The highest BCUT2D eigenvalue weighted by Crippen LogP contribution is 2.20. The summed E-state index contributed by atoms with van der Waals surface area (Å²) in [4.78, 5) is 21.7. The van der Waals surface area contributed by atoms with Gasteiger partial charge in [0.25, 0.3) is 0 Å². The molecule has 0 unspecified atom stereocenters. The maximum atomic E-state index is 12.2. The molecule has 1 N–H and O–H groups in total. The number of aryl methyl sites for hydroxylation is 1. The number of nitrogens with one attached hydrogen (secondary N) is 1. The molecule has 21 heavy (non-hydrogen) atoms. The molecule has 2 heterocycles. The molecule has 112 valence electrons. The quantitative estimate of drug-likeness (QED) is 0.916. The van der Waals surface area contributed by atoms with E-state index in [-0.39, 0.29) is 11.6 Å². The second kappa shape index (κ2) is 5.51. The van der Waals surface area contributed by atoms with Crippen LogP contribution in [0.5, 0.6) is 0 Å². The van der Waals surface area contributed by atoms with Gasteiger partial charge in [-0.15, -0.1) is 0 Å². The molecule has 7 heteroatoms. The lowest BCUT2D eigenvalue weighted by atomic mass is 10.1. The van der Waals surface area contributed by atoms with Crippen molar-refractivity contribution in [2.75, 3.05) is 11.9 Å². The van der Waals surface area contributed by atoms with Crippen LogP contribution in [0.4, 0.5) is 10.5 Å². The Kier molecular flexibility index (Phi) is 3.93. The van der Waals surface area contributed by atoms with Crippen molar-refractivity contribution in [3.8, 4) is 5.69 Å². The zero-order chi connectivity index (χ0) is 15.6. The van der Waals surface area contributed by atoms with Crippen LogP contribution in [-0.2, 0) is 0 Å². The van der Waals surface area contributed by atoms with Crippen LogP contribution in [-0.4, -0.2) is 38.4 Å². The Balaban J connectivity index is 2.25. The molecule has 2 amide bonds. The minimum Gasteiger partial charge on any atom is -0.333 e. The molecule has 0 atom stereocenters. The highest BCUT2D eigenvalue weighted by atomic mass is 16.2. The van der Waals surface area contributed by atoms with Crippen LogP contribution in [0.25, 0.3) is 5.69 Å². The summed E-state index contributed by atoms with van der Waals surface area (Å²) in [6, 6.07) is -0.172. The van der Waals surface area contributed by atoms with Gasteiger partial charge in [-0.05, 0) is 27.7 Å². The molecule has 2 rings (SSSR count). The van der Waals surface area contributed by atoms with E-state index < -0.39 is 0 Å². The molecule has 0 radical (unpaired) electrons. The van der Waals surface area contributed by atoms with Crippen LogP contribution in [0.3, 0.4) is 0 Å². The number of carbonyl (C=O) groups is 1. The Morgan fingerprint density at radius 3 is 2.48 bits per heavy atom. The van der Waals surface area contributed by atoms with Crippen LogP contribution in [0.15, 0.2) is 24.9 Å². The summed E-state index contributed by atoms with van der Waals surface area (Å²) >= 11 is 0. The Morgan fingerprint density at radius 2 is 1.90 bits per heavy atom. The molecule has 0 bridgehead atoms. The minimum absolute atomic E-state index is 0.172. The average Bonchev–Trinajstić information content (AvgIpc) is 2.79. The monoisotopic (exact) mass is 288 g/mol. The highest BCUT2D eigenvalue weighted by Gasteiger charge is 2.21. The summed E-state index contributed by atoms with van der Waals surface area (Å²) in [6.07, 6.45) is 6.58. The van der Waals surface area contributed by atoms with Gasteiger partial charge in [0.1, 0.15) is 12.0 Å². The van der Waals surface area contributed by atoms with E-state index in [1.165, 1.54) is 6.33 Å². The summed E-state index contributed by atoms with van der Waals surface area (Å²) in [5.74, 6) is 0. The summed E-state index contributed by atoms with van der Waals surface area (Å²) < 4.78 is 1.66. The van der Waals surface area contributed by atoms with Gasteiger partial charge in [0.05, 0.1) is 30.0 Å². The van der Waals surface area contributed by atoms with Gasteiger partial charge in [-0.1, -0.05) is 0 Å². The van der Waals surface area contributed by atoms with Gasteiger partial charge >= 0.3 is 6.03 Å². The predicted molar refractivity (Wildman–Crippen MR) is 80.6 cm³/mol. The van der Waals surface area contributed by atoms with Gasteiger partial charge in [-0.3, -0.25) is 4.90 Å². The number of anilines is 1. The molecular weight excluding hydrogens is 268 g/mol. The van der Waals surface area contributed by atoms with E-state index in [1.807, 2.05) is 27.7 Å². The highest BCUT2D eigenvalue weighted by molar-refractivity contribution is 5.92. The summed E-state index contributed by atoms with van der Waals surface area (Å²) in [5.41, 5.74) is 1.95. The van der Waals surface area contributed by atoms with Crippen molar-refractivity contribution in [3.05, 3.63) is 30.6 Å². The molecule has 0 aromatic carbocycles. The Hall–Kier alpha value is -2.44. The maximum Gasteiger partial charge on any atom is 0.322 e. The van der Waals surface area contributed by atoms with Crippen molar-refractivity contribution in [1.82, 2.24) is 25.1 Å². The number of urea groups is 1. The van der Waals surface area contributed by atoms with E-state index in [2.05, 4.69) is 20.4 Å². The van der Waals surface area contributed by atoms with E-state index >= 15 is 0 Å². The first-order valence-electron chi connectivity index (χ1n) is 6.65. The lowest BCUT2D eigenvalue weighted by molar-refractivity contribution is 0.239. The first-order chi connectivity index (χ1) is 9.78. The van der Waals surface area contributed by atoms with Crippen molar-refractivity contribution in [2.45, 2.75) is 33.2 Å². The van der Waals surface area contributed by atoms with E-state index in [4.69, 9.17) is 0 Å². The molecule has 0 saturated heterocycles. The number of nitrogens with zero attached hydrogens (tertiary/aromatic N) is 5. The number of rotatable bonds is 2. The van der Waals surface area contributed by atoms with Gasteiger partial charge in [0.15, 0.2) is 0 Å². The Bertz CT molecular complexity index is 629. The molecule has 2 aromatic rings. The van der Waals surface area contributed by atoms with Crippen molar-refractivity contribution in [2.24, 2.45) is 0 Å². The van der Waals surface area contributed by atoms with Gasteiger partial charge in [0, 0.05) is 12.6 Å². The molecule has 0 aliphatic rings. The van der Waals surface area contributed by atoms with Gasteiger partial charge in [-0.2, -0.15) is 5.10 Å². The largest absolute Gasteiger partial charge is 0.333 e. The third kappa shape index (κ3) is 3.56. The van der Waals surface area contributed by atoms with E-state index in [0.717, 1.165) is 17.1 Å². The van der Waals surface area contributed by atoms with E-state index in [0.29, 0.717) is 0 Å². The first kappa shape index (κ1) is 15.0. The molecular formula is C14H20N6O. The van der Waals surface area contributed by atoms with Crippen molar-refractivity contribution < 1.29 is 4.79 Å². The average molecular weight is 288 g/mol. The summed E-state index contributed by atoms with van der Waals surface area (Å²) in [6.45, 7) is 7.68. The second-order valence-electron chi connectivity index (χ2n) is 5.88. The molecule has 0 saturated carbocycles. The smallest absolute Gasteiger partial charge is 0.322 e. The zero-order valence-electron chi connectivity index (χ0n) is 13.0. The number of aromatic nitrogens is 4. The summed E-state index contributed by atoms with van der Waals surface area (Å²) in [5, 5.41) is 7.31. The molecule has 0 aliphatic carbocycles. The Labute approximate surface area is 124 Å². The van der Waals surface area contributed by atoms with Crippen LogP contribution >= 0.6 is 0 Å². The lowest BCUT2D eigenvalue weighted by Gasteiger charge is -2.25. The third-order valence-corrected chi connectivity index (χ3v) is 2.83. The third-order valence-electron chi connectivity index (χ3n) is 2.83. The molecule has 0 fully saturated rings. The zero-order valence-corrected chi connectivity index (χ0v) is 13.0. The number of hydrogen-bond acceptors (Lipinski definition) is 4. The number of carbonyl (C=O) groups excluding carboxylic acids is 1. The molecule has 7 nitrogen and oxygen atoms in total. The fraction of sp³-hybridized carbons (Fsp3) is 0.429. The van der Waals surface area contributed by atoms with Gasteiger partial charge < -0.3 is 5.32 Å². The topological polar surface area (TPSA) is 75.9 Å². The molecule has 0 spiro atoms. The fourth-order valence-corrected chi connectivity index (χ4v) is 1.84. The van der Waals surface area contributed by atoms with Gasteiger partial charge in [-0.25, -0.2) is 19.4 Å². The van der Waals surface area contributed by atoms with E-state index in [9.17, 15) is 4.79 Å². The SMILES string of the molecule is Cc1nn(-c2cncnc2)cc1N(C)C(=O)NC(C)(C)C. The molecule has 0 aliphatic heterocycles. The minimum atomic E-state index is -0.289.